The Hall–Kier alpha value is -2.61. The van der Waals surface area contributed by atoms with Crippen LogP contribution in [0, 0.1) is 0 Å². The molecule has 0 saturated carbocycles. The van der Waals surface area contributed by atoms with Crippen LogP contribution in [0.2, 0.25) is 0 Å². The van der Waals surface area contributed by atoms with Gasteiger partial charge in [-0.25, -0.2) is 0 Å². The van der Waals surface area contributed by atoms with Gasteiger partial charge in [-0.15, -0.1) is 0 Å². The molecule has 0 aromatic heterocycles. The van der Waals surface area contributed by atoms with Crippen LogP contribution in [0.5, 0.6) is 0 Å². The predicted molar refractivity (Wildman–Crippen MR) is 84.1 cm³/mol. The first-order valence-electron chi connectivity index (χ1n) is 6.65. The molecule has 2 heteroatoms. The Balaban J connectivity index is 2.32. The van der Waals surface area contributed by atoms with Gasteiger partial charge in [-0.1, -0.05) is 59.8 Å². The van der Waals surface area contributed by atoms with E-state index in [4.69, 9.17) is 5.21 Å². The first-order valence-corrected chi connectivity index (χ1v) is 6.65. The molecule has 0 amide bonds. The first kappa shape index (κ1) is 11.2. The normalized spacial score (nSPS) is 12.8. The molecular formula is C18H13NO. The molecule has 0 spiro atoms. The van der Waals surface area contributed by atoms with Gasteiger partial charge in [-0.2, -0.15) is 0 Å². The van der Waals surface area contributed by atoms with E-state index in [-0.39, 0.29) is 0 Å². The lowest BCUT2D eigenvalue weighted by Crippen LogP contribution is -1.96. The fourth-order valence-electron chi connectivity index (χ4n) is 3.10. The third-order valence-electron chi connectivity index (χ3n) is 4.07. The van der Waals surface area contributed by atoms with Crippen molar-refractivity contribution in [3.8, 4) is 0 Å². The van der Waals surface area contributed by atoms with Crippen molar-refractivity contribution in [3.05, 3.63) is 60.2 Å². The zero-order chi connectivity index (χ0) is 13.7. The van der Waals surface area contributed by atoms with Crippen LogP contribution in [0.3, 0.4) is 0 Å². The molecule has 0 radical (unpaired) electrons. The molecule has 4 rings (SSSR count). The predicted octanol–water partition coefficient (Wildman–Crippen LogP) is 4.78. The monoisotopic (exact) mass is 259 g/mol. The molecule has 4 aromatic rings. The van der Waals surface area contributed by atoms with Crippen LogP contribution in [-0.2, 0) is 0 Å². The van der Waals surface area contributed by atoms with E-state index in [2.05, 4.69) is 53.7 Å². The summed E-state index contributed by atoms with van der Waals surface area (Å²) in [6, 6.07) is 19.1. The van der Waals surface area contributed by atoms with Gasteiger partial charge in [0.1, 0.15) is 0 Å². The Morgan fingerprint density at radius 3 is 2.10 bits per heavy atom. The first-order chi connectivity index (χ1) is 9.79. The van der Waals surface area contributed by atoms with Crippen molar-refractivity contribution in [1.29, 1.82) is 0 Å². The Kier molecular flexibility index (Phi) is 2.21. The number of rotatable bonds is 1. The minimum Gasteiger partial charge on any atom is -0.411 e. The Morgan fingerprint density at radius 2 is 1.40 bits per heavy atom. The molecule has 0 unspecified atom stereocenters. The molecule has 0 aliphatic rings. The zero-order valence-electron chi connectivity index (χ0n) is 11.1. The van der Waals surface area contributed by atoms with Crippen LogP contribution in [0.4, 0.5) is 0 Å². The summed E-state index contributed by atoms with van der Waals surface area (Å²) in [6.07, 6.45) is 0. The lowest BCUT2D eigenvalue weighted by atomic mass is 9.91. The highest BCUT2D eigenvalue weighted by Gasteiger charge is 2.11. The zero-order valence-corrected chi connectivity index (χ0v) is 11.1. The second-order valence-electron chi connectivity index (χ2n) is 5.15. The van der Waals surface area contributed by atoms with Gasteiger partial charge in [0.05, 0.1) is 5.71 Å². The summed E-state index contributed by atoms with van der Waals surface area (Å²) in [5.74, 6) is 0. The maximum atomic E-state index is 9.07. The van der Waals surface area contributed by atoms with Crippen molar-refractivity contribution in [2.45, 2.75) is 6.92 Å². The van der Waals surface area contributed by atoms with Crippen molar-refractivity contribution in [2.24, 2.45) is 5.16 Å². The SMILES string of the molecule is C/C(=N\O)c1ccc2ccc3cccc4ccc1c2c34. The van der Waals surface area contributed by atoms with Crippen LogP contribution in [0.25, 0.3) is 32.3 Å². The number of hydrogen-bond donors (Lipinski definition) is 1. The second kappa shape index (κ2) is 3.94. The summed E-state index contributed by atoms with van der Waals surface area (Å²) in [6.45, 7) is 1.83. The molecule has 0 bridgehead atoms. The van der Waals surface area contributed by atoms with Gasteiger partial charge in [0.25, 0.3) is 0 Å². The molecule has 0 atom stereocenters. The fraction of sp³-hybridized carbons (Fsp3) is 0.0556. The summed E-state index contributed by atoms with van der Waals surface area (Å²) < 4.78 is 0. The third kappa shape index (κ3) is 1.36. The summed E-state index contributed by atoms with van der Waals surface area (Å²) in [4.78, 5) is 0. The molecule has 0 saturated heterocycles. The van der Waals surface area contributed by atoms with Gasteiger partial charge in [0, 0.05) is 5.56 Å². The molecule has 0 fully saturated rings. The lowest BCUT2D eigenvalue weighted by Gasteiger charge is -2.13. The highest BCUT2D eigenvalue weighted by Crippen LogP contribution is 2.35. The topological polar surface area (TPSA) is 32.6 Å². The van der Waals surface area contributed by atoms with Gasteiger partial charge in [-0.05, 0) is 39.2 Å². The Labute approximate surface area is 116 Å². The van der Waals surface area contributed by atoms with Crippen LogP contribution >= 0.6 is 0 Å². The number of oxime groups is 1. The van der Waals surface area contributed by atoms with E-state index in [9.17, 15) is 0 Å². The van der Waals surface area contributed by atoms with Gasteiger partial charge in [0.2, 0.25) is 0 Å². The van der Waals surface area contributed by atoms with Gasteiger partial charge < -0.3 is 5.21 Å². The smallest absolute Gasteiger partial charge is 0.0843 e. The standard InChI is InChI=1S/C18H13NO/c1-11(19-20)15-9-7-14-6-5-12-3-2-4-13-8-10-16(15)18(14)17(12)13/h2-10,20H,1H3/b19-11+. The number of nitrogens with zero attached hydrogens (tertiary/aromatic N) is 1. The van der Waals surface area contributed by atoms with Crippen molar-refractivity contribution in [1.82, 2.24) is 0 Å². The van der Waals surface area contributed by atoms with Gasteiger partial charge >= 0.3 is 0 Å². The third-order valence-corrected chi connectivity index (χ3v) is 4.07. The second-order valence-corrected chi connectivity index (χ2v) is 5.15. The molecule has 0 heterocycles. The molecule has 20 heavy (non-hydrogen) atoms. The van der Waals surface area contributed by atoms with E-state index >= 15 is 0 Å². The van der Waals surface area contributed by atoms with Crippen LogP contribution < -0.4 is 0 Å². The summed E-state index contributed by atoms with van der Waals surface area (Å²) in [7, 11) is 0. The molecule has 4 aromatic carbocycles. The minimum absolute atomic E-state index is 0.642. The maximum Gasteiger partial charge on any atom is 0.0843 e. The fourth-order valence-corrected chi connectivity index (χ4v) is 3.10. The quantitative estimate of drug-likeness (QED) is 0.227. The highest BCUT2D eigenvalue weighted by molar-refractivity contribution is 6.26. The van der Waals surface area contributed by atoms with E-state index in [1.807, 2.05) is 13.0 Å². The Bertz CT molecular complexity index is 953. The maximum absolute atomic E-state index is 9.07. The van der Waals surface area contributed by atoms with Crippen molar-refractivity contribution < 1.29 is 5.21 Å². The van der Waals surface area contributed by atoms with Crippen LogP contribution in [0.1, 0.15) is 12.5 Å². The summed E-state index contributed by atoms with van der Waals surface area (Å²) >= 11 is 0. The largest absolute Gasteiger partial charge is 0.411 e. The lowest BCUT2D eigenvalue weighted by molar-refractivity contribution is 0.319. The number of benzene rings is 4. The van der Waals surface area contributed by atoms with Crippen molar-refractivity contribution in [3.63, 3.8) is 0 Å². The van der Waals surface area contributed by atoms with Crippen LogP contribution in [-0.4, -0.2) is 10.9 Å². The molecule has 2 nitrogen and oxygen atoms in total. The molecule has 1 N–H and O–H groups in total. The minimum atomic E-state index is 0.642. The van der Waals surface area contributed by atoms with Crippen molar-refractivity contribution in [2.75, 3.05) is 0 Å². The van der Waals surface area contributed by atoms with Gasteiger partial charge in [-0.3, -0.25) is 0 Å². The van der Waals surface area contributed by atoms with E-state index in [1.54, 1.807) is 0 Å². The molecule has 0 aliphatic heterocycles. The summed E-state index contributed by atoms with van der Waals surface area (Å²) in [5.41, 5.74) is 1.63. The van der Waals surface area contributed by atoms with E-state index in [0.29, 0.717) is 5.71 Å². The van der Waals surface area contributed by atoms with Gasteiger partial charge in [0.15, 0.2) is 0 Å². The van der Waals surface area contributed by atoms with Crippen LogP contribution in [0.15, 0.2) is 59.8 Å². The molecule has 0 aliphatic carbocycles. The van der Waals surface area contributed by atoms with E-state index in [1.165, 1.54) is 26.9 Å². The Morgan fingerprint density at radius 1 is 0.800 bits per heavy atom. The number of hydrogen-bond acceptors (Lipinski definition) is 2. The molecular weight excluding hydrogens is 246 g/mol. The average Bonchev–Trinajstić information content (AvgIpc) is 2.51. The summed E-state index contributed by atoms with van der Waals surface area (Å²) in [5, 5.41) is 19.8. The van der Waals surface area contributed by atoms with Crippen molar-refractivity contribution >= 4 is 38.0 Å². The molecule has 96 valence electrons. The van der Waals surface area contributed by atoms with E-state index < -0.39 is 0 Å². The average molecular weight is 259 g/mol. The van der Waals surface area contributed by atoms with E-state index in [0.717, 1.165) is 10.9 Å². The highest BCUT2D eigenvalue weighted by atomic mass is 16.4.